The summed E-state index contributed by atoms with van der Waals surface area (Å²) in [7, 11) is 0. The van der Waals surface area contributed by atoms with Crippen LogP contribution in [0.5, 0.6) is 0 Å². The van der Waals surface area contributed by atoms with Gasteiger partial charge in [-0.25, -0.2) is 0 Å². The van der Waals surface area contributed by atoms with Gasteiger partial charge in [0.2, 0.25) is 5.91 Å². The smallest absolute Gasteiger partial charge is 0.251 e. The monoisotopic (exact) mass is 198 g/mol. The van der Waals surface area contributed by atoms with Crippen molar-refractivity contribution < 1.29 is 14.7 Å². The first-order valence-corrected chi connectivity index (χ1v) is 4.43. The number of β-amino-alcohol motifs (C(OH)–C–C–N with tert-alkyl or cyclic N) is 1. The summed E-state index contributed by atoms with van der Waals surface area (Å²) < 4.78 is 0. The third-order valence-corrected chi connectivity index (χ3v) is 2.42. The highest BCUT2D eigenvalue weighted by Crippen LogP contribution is 2.20. The standard InChI is InChI=1S/C9H14N2O3/c1-2-7(12)11-5-3-4-9(14,6-11)8(10)13/h2,14H,1,3-6H2,(H2,10,13). The molecule has 1 fully saturated rings. The van der Waals surface area contributed by atoms with E-state index in [4.69, 9.17) is 5.73 Å². The molecule has 1 rings (SSSR count). The Labute approximate surface area is 82.2 Å². The van der Waals surface area contributed by atoms with Crippen molar-refractivity contribution in [3.8, 4) is 0 Å². The third kappa shape index (κ3) is 1.93. The van der Waals surface area contributed by atoms with Gasteiger partial charge in [0.1, 0.15) is 0 Å². The maximum absolute atomic E-state index is 11.2. The van der Waals surface area contributed by atoms with Gasteiger partial charge in [0.25, 0.3) is 5.91 Å². The van der Waals surface area contributed by atoms with Crippen molar-refractivity contribution >= 4 is 11.8 Å². The van der Waals surface area contributed by atoms with Crippen LogP contribution in [0.4, 0.5) is 0 Å². The zero-order valence-corrected chi connectivity index (χ0v) is 7.90. The fraction of sp³-hybridized carbons (Fsp3) is 0.556. The molecule has 0 spiro atoms. The predicted molar refractivity (Wildman–Crippen MR) is 50.2 cm³/mol. The fourth-order valence-electron chi connectivity index (χ4n) is 1.55. The minimum atomic E-state index is -1.57. The van der Waals surface area contributed by atoms with Crippen LogP contribution >= 0.6 is 0 Å². The normalized spacial score (nSPS) is 27.1. The van der Waals surface area contributed by atoms with E-state index in [-0.39, 0.29) is 12.5 Å². The Bertz CT molecular complexity index is 277. The van der Waals surface area contributed by atoms with E-state index < -0.39 is 11.5 Å². The Hall–Kier alpha value is -1.36. The Balaban J connectivity index is 2.73. The highest BCUT2D eigenvalue weighted by molar-refractivity contribution is 5.89. The van der Waals surface area contributed by atoms with Crippen LogP contribution in [0.3, 0.4) is 0 Å². The molecule has 0 bridgehead atoms. The summed E-state index contributed by atoms with van der Waals surface area (Å²) in [6, 6.07) is 0. The summed E-state index contributed by atoms with van der Waals surface area (Å²) in [4.78, 5) is 23.5. The first kappa shape index (κ1) is 10.7. The van der Waals surface area contributed by atoms with Crippen LogP contribution in [0, 0.1) is 0 Å². The van der Waals surface area contributed by atoms with Crippen LogP contribution in [0.1, 0.15) is 12.8 Å². The lowest BCUT2D eigenvalue weighted by atomic mass is 9.92. The lowest BCUT2D eigenvalue weighted by Crippen LogP contribution is -2.56. The highest BCUT2D eigenvalue weighted by Gasteiger charge is 2.39. The predicted octanol–water partition coefficient (Wildman–Crippen LogP) is -0.989. The second-order valence-electron chi connectivity index (χ2n) is 3.46. The average molecular weight is 198 g/mol. The number of hydrogen-bond donors (Lipinski definition) is 2. The van der Waals surface area contributed by atoms with Gasteiger partial charge in [-0.3, -0.25) is 9.59 Å². The van der Waals surface area contributed by atoms with Crippen LogP contribution in [0.2, 0.25) is 0 Å². The van der Waals surface area contributed by atoms with Crippen molar-refractivity contribution in [2.24, 2.45) is 5.73 Å². The largest absolute Gasteiger partial charge is 0.378 e. The van der Waals surface area contributed by atoms with Crippen molar-refractivity contribution in [2.45, 2.75) is 18.4 Å². The van der Waals surface area contributed by atoms with Crippen molar-refractivity contribution in [3.63, 3.8) is 0 Å². The van der Waals surface area contributed by atoms with Gasteiger partial charge in [0.15, 0.2) is 5.60 Å². The van der Waals surface area contributed by atoms with Crippen molar-refractivity contribution in [1.29, 1.82) is 0 Å². The van der Waals surface area contributed by atoms with Crippen LogP contribution in [-0.4, -0.2) is 40.5 Å². The van der Waals surface area contributed by atoms with Gasteiger partial charge in [-0.15, -0.1) is 0 Å². The van der Waals surface area contributed by atoms with E-state index in [1.54, 1.807) is 0 Å². The van der Waals surface area contributed by atoms with E-state index in [2.05, 4.69) is 6.58 Å². The summed E-state index contributed by atoms with van der Waals surface area (Å²) in [5.74, 6) is -1.07. The number of carbonyl (C=O) groups is 2. The molecular formula is C9H14N2O3. The molecule has 1 heterocycles. The molecule has 0 aromatic heterocycles. The Morgan fingerprint density at radius 2 is 2.21 bits per heavy atom. The molecule has 1 unspecified atom stereocenters. The first-order valence-electron chi connectivity index (χ1n) is 4.43. The highest BCUT2D eigenvalue weighted by atomic mass is 16.3. The van der Waals surface area contributed by atoms with Gasteiger partial charge in [-0.2, -0.15) is 0 Å². The number of hydrogen-bond acceptors (Lipinski definition) is 3. The minimum Gasteiger partial charge on any atom is -0.378 e. The van der Waals surface area contributed by atoms with Crippen molar-refractivity contribution in [3.05, 3.63) is 12.7 Å². The number of nitrogens with zero attached hydrogens (tertiary/aromatic N) is 1. The maximum Gasteiger partial charge on any atom is 0.251 e. The number of primary amides is 1. The summed E-state index contributed by atoms with van der Waals surface area (Å²) in [6.45, 7) is 3.83. The first-order chi connectivity index (χ1) is 6.49. The van der Waals surface area contributed by atoms with Crippen LogP contribution < -0.4 is 5.73 Å². The Kier molecular flexibility index (Phi) is 2.90. The molecule has 0 radical (unpaired) electrons. The average Bonchev–Trinajstić information content (AvgIpc) is 2.16. The number of likely N-dealkylation sites (tertiary alicyclic amines) is 1. The quantitative estimate of drug-likeness (QED) is 0.559. The van der Waals surface area contributed by atoms with E-state index >= 15 is 0 Å². The molecule has 1 aliphatic heterocycles. The van der Waals surface area contributed by atoms with Gasteiger partial charge < -0.3 is 15.7 Å². The van der Waals surface area contributed by atoms with Gasteiger partial charge in [-0.1, -0.05) is 6.58 Å². The maximum atomic E-state index is 11.2. The van der Waals surface area contributed by atoms with Crippen molar-refractivity contribution in [1.82, 2.24) is 4.90 Å². The molecule has 5 nitrogen and oxygen atoms in total. The van der Waals surface area contributed by atoms with E-state index in [1.165, 1.54) is 4.90 Å². The molecule has 0 saturated carbocycles. The molecule has 2 amide bonds. The number of aliphatic hydroxyl groups is 1. The molecule has 0 aromatic rings. The number of nitrogens with two attached hydrogens (primary N) is 1. The minimum absolute atomic E-state index is 0.0345. The molecule has 1 atom stereocenters. The molecule has 78 valence electrons. The van der Waals surface area contributed by atoms with Crippen LogP contribution in [0.15, 0.2) is 12.7 Å². The summed E-state index contributed by atoms with van der Waals surface area (Å²) in [5.41, 5.74) is 3.48. The third-order valence-electron chi connectivity index (χ3n) is 2.42. The van der Waals surface area contributed by atoms with E-state index in [0.29, 0.717) is 19.4 Å². The Morgan fingerprint density at radius 3 is 2.71 bits per heavy atom. The summed E-state index contributed by atoms with van der Waals surface area (Å²) in [5, 5.41) is 9.76. The lowest BCUT2D eigenvalue weighted by molar-refractivity contribution is -0.146. The molecular weight excluding hydrogens is 184 g/mol. The second-order valence-corrected chi connectivity index (χ2v) is 3.46. The lowest BCUT2D eigenvalue weighted by Gasteiger charge is -2.36. The molecule has 3 N–H and O–H groups in total. The van der Waals surface area contributed by atoms with Gasteiger partial charge in [0, 0.05) is 6.54 Å². The molecule has 1 aliphatic rings. The SMILES string of the molecule is C=CC(=O)N1CCCC(O)(C(N)=O)C1. The Morgan fingerprint density at radius 1 is 1.57 bits per heavy atom. The van der Waals surface area contributed by atoms with Crippen molar-refractivity contribution in [2.75, 3.05) is 13.1 Å². The fourth-order valence-corrected chi connectivity index (χ4v) is 1.55. The summed E-state index contributed by atoms with van der Waals surface area (Å²) >= 11 is 0. The van der Waals surface area contributed by atoms with E-state index in [0.717, 1.165) is 6.08 Å². The van der Waals surface area contributed by atoms with E-state index in [9.17, 15) is 14.7 Å². The van der Waals surface area contributed by atoms with Gasteiger partial charge >= 0.3 is 0 Å². The zero-order valence-electron chi connectivity index (χ0n) is 7.90. The number of piperidine rings is 1. The van der Waals surface area contributed by atoms with Gasteiger partial charge in [0.05, 0.1) is 6.54 Å². The molecule has 0 aromatic carbocycles. The van der Waals surface area contributed by atoms with Crippen LogP contribution in [0.25, 0.3) is 0 Å². The van der Waals surface area contributed by atoms with Gasteiger partial charge in [-0.05, 0) is 18.9 Å². The zero-order chi connectivity index (χ0) is 10.8. The second kappa shape index (κ2) is 3.79. The number of carbonyl (C=O) groups excluding carboxylic acids is 2. The molecule has 0 aliphatic carbocycles. The molecule has 1 saturated heterocycles. The molecule has 14 heavy (non-hydrogen) atoms. The topological polar surface area (TPSA) is 83.6 Å². The van der Waals surface area contributed by atoms with E-state index in [1.807, 2.05) is 0 Å². The molecule has 5 heteroatoms. The van der Waals surface area contributed by atoms with Crippen LogP contribution in [-0.2, 0) is 9.59 Å². The number of rotatable bonds is 2. The summed E-state index contributed by atoms with van der Waals surface area (Å²) in [6.07, 6.45) is 2.04. The number of amides is 2.